The molecule has 0 fully saturated rings. The van der Waals surface area contributed by atoms with Gasteiger partial charge in [-0.2, -0.15) is 0 Å². The number of hydrogen-bond donors (Lipinski definition) is 1. The second-order valence-electron chi connectivity index (χ2n) is 5.06. The van der Waals surface area contributed by atoms with Crippen LogP contribution < -0.4 is 5.73 Å². The molecule has 2 N–H and O–H groups in total. The highest BCUT2D eigenvalue weighted by Crippen LogP contribution is 2.22. The Morgan fingerprint density at radius 2 is 2.25 bits per heavy atom. The summed E-state index contributed by atoms with van der Waals surface area (Å²) in [4.78, 5) is 16.2. The number of carbonyl (C=O) groups is 1. The molecule has 0 bridgehead atoms. The summed E-state index contributed by atoms with van der Waals surface area (Å²) in [5, 5.41) is 0. The Morgan fingerprint density at radius 1 is 1.40 bits per heavy atom. The zero-order valence-electron chi connectivity index (χ0n) is 11.3. The van der Waals surface area contributed by atoms with E-state index in [-0.39, 0.29) is 11.7 Å². The highest BCUT2D eigenvalue weighted by Gasteiger charge is 2.24. The topological polar surface area (TPSA) is 60.9 Å². The molecule has 0 radical (unpaired) electrons. The van der Waals surface area contributed by atoms with Crippen LogP contribution in [-0.2, 0) is 6.54 Å². The van der Waals surface area contributed by atoms with Crippen molar-refractivity contribution in [1.82, 2.24) is 9.55 Å². The number of rotatable bonds is 0. The zero-order chi connectivity index (χ0) is 14.1. The third-order valence-corrected chi connectivity index (χ3v) is 3.51. The minimum absolute atomic E-state index is 0.105. The fourth-order valence-electron chi connectivity index (χ4n) is 2.34. The lowest BCUT2D eigenvalue weighted by Gasteiger charge is -2.19. The summed E-state index contributed by atoms with van der Waals surface area (Å²) in [6.45, 7) is 2.85. The van der Waals surface area contributed by atoms with Crippen LogP contribution >= 0.6 is 0 Å². The van der Waals surface area contributed by atoms with Crippen LogP contribution in [0.1, 0.15) is 35.1 Å². The summed E-state index contributed by atoms with van der Waals surface area (Å²) >= 11 is 0. The summed E-state index contributed by atoms with van der Waals surface area (Å²) in [6, 6.07) is 7.22. The van der Waals surface area contributed by atoms with E-state index in [1.165, 1.54) is 0 Å². The lowest BCUT2D eigenvalue weighted by Crippen LogP contribution is -2.23. The lowest BCUT2D eigenvalue weighted by atomic mass is 9.97. The summed E-state index contributed by atoms with van der Waals surface area (Å²) in [6.07, 6.45) is 2.82. The minimum atomic E-state index is 0.105. The Morgan fingerprint density at radius 3 is 3.05 bits per heavy atom. The number of hydrogen-bond acceptors (Lipinski definition) is 3. The van der Waals surface area contributed by atoms with E-state index in [9.17, 15) is 4.79 Å². The van der Waals surface area contributed by atoms with Gasteiger partial charge in [0.15, 0.2) is 5.78 Å². The largest absolute Gasteiger partial charge is 0.384 e. The summed E-state index contributed by atoms with van der Waals surface area (Å²) in [5.41, 5.74) is 7.84. The average Bonchev–Trinajstić information content (AvgIpc) is 2.85. The molecule has 0 saturated heterocycles. The van der Waals surface area contributed by atoms with Crippen molar-refractivity contribution in [2.75, 3.05) is 5.73 Å². The molecule has 1 aliphatic rings. The van der Waals surface area contributed by atoms with E-state index in [2.05, 4.69) is 16.8 Å². The maximum absolute atomic E-state index is 12.1. The van der Waals surface area contributed by atoms with Gasteiger partial charge in [-0.05, 0) is 30.5 Å². The predicted octanol–water partition coefficient (Wildman–Crippen LogP) is 2.09. The van der Waals surface area contributed by atoms with E-state index in [1.54, 1.807) is 6.07 Å². The molecular formula is C16H15N3O. The first-order valence-corrected chi connectivity index (χ1v) is 6.62. The Kier molecular flexibility index (Phi) is 3.03. The third-order valence-electron chi connectivity index (χ3n) is 3.51. The molecule has 0 aliphatic carbocycles. The van der Waals surface area contributed by atoms with Crippen LogP contribution in [0, 0.1) is 17.8 Å². The highest BCUT2D eigenvalue weighted by atomic mass is 16.1. The zero-order valence-corrected chi connectivity index (χ0v) is 11.3. The van der Waals surface area contributed by atoms with Gasteiger partial charge in [0.25, 0.3) is 0 Å². The molecule has 4 heteroatoms. The van der Waals surface area contributed by atoms with Crippen molar-refractivity contribution >= 4 is 11.6 Å². The number of carbonyl (C=O) groups excluding carboxylic acids is 1. The summed E-state index contributed by atoms with van der Waals surface area (Å²) in [7, 11) is 0. The number of Topliss-reactive ketones (excluding diaryl/α,β-unsaturated/α-hetero) is 1. The second-order valence-corrected chi connectivity index (χ2v) is 5.06. The van der Waals surface area contributed by atoms with Crippen LogP contribution in [-0.4, -0.2) is 15.3 Å². The Balaban J connectivity index is 1.91. The molecule has 1 aliphatic heterocycles. The number of nitrogen functional groups attached to an aromatic ring is 1. The molecule has 100 valence electrons. The first-order chi connectivity index (χ1) is 9.63. The van der Waals surface area contributed by atoms with Crippen molar-refractivity contribution in [3.05, 3.63) is 47.4 Å². The monoisotopic (exact) mass is 265 g/mol. The standard InChI is InChI=1S/C16H15N3O/c1-11-7-8-19-10-12(9-14(19)16(11)20)5-6-13-3-2-4-15(17)18-13/h2-4,9-11H,7-8H2,1H3,(H2,17,18). The fraction of sp³-hybridized carbons (Fsp3) is 0.250. The molecule has 0 aromatic carbocycles. The third kappa shape index (κ3) is 2.30. The van der Waals surface area contributed by atoms with Gasteiger partial charge in [0.05, 0.1) is 5.69 Å². The fourth-order valence-corrected chi connectivity index (χ4v) is 2.34. The van der Waals surface area contributed by atoms with E-state index in [4.69, 9.17) is 5.73 Å². The van der Waals surface area contributed by atoms with E-state index in [1.807, 2.05) is 35.9 Å². The maximum atomic E-state index is 12.1. The normalized spacial score (nSPS) is 17.2. The van der Waals surface area contributed by atoms with Gasteiger partial charge in [0.2, 0.25) is 0 Å². The van der Waals surface area contributed by atoms with Gasteiger partial charge in [-0.25, -0.2) is 4.98 Å². The smallest absolute Gasteiger partial charge is 0.182 e. The van der Waals surface area contributed by atoms with E-state index < -0.39 is 0 Å². The van der Waals surface area contributed by atoms with Crippen molar-refractivity contribution < 1.29 is 4.79 Å². The number of aromatic nitrogens is 2. The first-order valence-electron chi connectivity index (χ1n) is 6.62. The quantitative estimate of drug-likeness (QED) is 0.742. The molecule has 20 heavy (non-hydrogen) atoms. The Labute approximate surface area is 117 Å². The average molecular weight is 265 g/mol. The van der Waals surface area contributed by atoms with Gasteiger partial charge in [-0.1, -0.05) is 18.9 Å². The second kappa shape index (κ2) is 4.86. The number of nitrogens with zero attached hydrogens (tertiary/aromatic N) is 2. The Hall–Kier alpha value is -2.54. The van der Waals surface area contributed by atoms with Gasteiger partial charge >= 0.3 is 0 Å². The molecule has 0 spiro atoms. The molecule has 0 saturated carbocycles. The predicted molar refractivity (Wildman–Crippen MR) is 77.2 cm³/mol. The van der Waals surface area contributed by atoms with Gasteiger partial charge < -0.3 is 10.3 Å². The highest BCUT2D eigenvalue weighted by molar-refractivity contribution is 5.97. The minimum Gasteiger partial charge on any atom is -0.384 e. The number of ketones is 1. The van der Waals surface area contributed by atoms with Gasteiger partial charge in [0.1, 0.15) is 11.5 Å². The van der Waals surface area contributed by atoms with E-state index in [0.29, 0.717) is 11.5 Å². The first kappa shape index (κ1) is 12.5. The molecule has 1 unspecified atom stereocenters. The van der Waals surface area contributed by atoms with Crippen LogP contribution in [0.2, 0.25) is 0 Å². The molecule has 2 aromatic heterocycles. The van der Waals surface area contributed by atoms with Crippen molar-refractivity contribution in [2.45, 2.75) is 19.9 Å². The lowest BCUT2D eigenvalue weighted by molar-refractivity contribution is 0.0891. The number of fused-ring (bicyclic) bond motifs is 1. The number of aryl methyl sites for hydroxylation is 1. The number of pyridine rings is 1. The molecule has 4 nitrogen and oxygen atoms in total. The summed E-state index contributed by atoms with van der Waals surface area (Å²) in [5.74, 6) is 6.77. The van der Waals surface area contributed by atoms with Gasteiger partial charge in [-0.3, -0.25) is 4.79 Å². The van der Waals surface area contributed by atoms with Crippen molar-refractivity contribution in [2.24, 2.45) is 5.92 Å². The van der Waals surface area contributed by atoms with Crippen LogP contribution in [0.5, 0.6) is 0 Å². The van der Waals surface area contributed by atoms with Crippen LogP contribution in [0.3, 0.4) is 0 Å². The van der Waals surface area contributed by atoms with Crippen LogP contribution in [0.15, 0.2) is 30.5 Å². The van der Waals surface area contributed by atoms with Crippen molar-refractivity contribution in [1.29, 1.82) is 0 Å². The SMILES string of the molecule is CC1CCn2cc(C#Cc3cccc(N)n3)cc2C1=O. The number of nitrogens with two attached hydrogens (primary N) is 1. The van der Waals surface area contributed by atoms with Gasteiger partial charge in [-0.15, -0.1) is 0 Å². The Bertz CT molecular complexity index is 734. The van der Waals surface area contributed by atoms with Crippen LogP contribution in [0.25, 0.3) is 0 Å². The van der Waals surface area contributed by atoms with Gasteiger partial charge in [0, 0.05) is 24.2 Å². The molecule has 1 atom stereocenters. The summed E-state index contributed by atoms with van der Waals surface area (Å²) < 4.78 is 1.99. The molecular weight excluding hydrogens is 250 g/mol. The van der Waals surface area contributed by atoms with Crippen molar-refractivity contribution in [3.63, 3.8) is 0 Å². The van der Waals surface area contributed by atoms with Crippen molar-refractivity contribution in [3.8, 4) is 11.8 Å². The maximum Gasteiger partial charge on any atom is 0.182 e. The van der Waals surface area contributed by atoms with E-state index in [0.717, 1.165) is 24.2 Å². The van der Waals surface area contributed by atoms with Crippen LogP contribution in [0.4, 0.5) is 5.82 Å². The molecule has 0 amide bonds. The number of anilines is 1. The molecule has 3 heterocycles. The molecule has 2 aromatic rings. The van der Waals surface area contributed by atoms with E-state index >= 15 is 0 Å². The molecule has 3 rings (SSSR count).